The maximum atomic E-state index is 4.57. The van der Waals surface area contributed by atoms with Crippen molar-refractivity contribution in [1.29, 1.82) is 0 Å². The number of rotatable bonds is 6. The van der Waals surface area contributed by atoms with E-state index in [1.165, 1.54) is 22.1 Å². The minimum atomic E-state index is 0.970. The lowest BCUT2D eigenvalue weighted by molar-refractivity contribution is 0.765. The summed E-state index contributed by atoms with van der Waals surface area (Å²) in [5.74, 6) is 0. The zero-order chi connectivity index (χ0) is 18.6. The number of pyridine rings is 2. The van der Waals surface area contributed by atoms with Gasteiger partial charge in [-0.25, -0.2) is 0 Å². The summed E-state index contributed by atoms with van der Waals surface area (Å²) in [5.41, 5.74) is 4.49. The predicted octanol–water partition coefficient (Wildman–Crippen LogP) is 4.75. The van der Waals surface area contributed by atoms with Crippen molar-refractivity contribution in [2.24, 2.45) is 0 Å². The SMILES string of the molecule is CN(CCCN(C)c1cccc2cccnc12)c1cccc2cccnc12. The van der Waals surface area contributed by atoms with Crippen LogP contribution in [0.5, 0.6) is 0 Å². The molecule has 0 saturated heterocycles. The summed E-state index contributed by atoms with van der Waals surface area (Å²) < 4.78 is 0. The number of benzene rings is 2. The van der Waals surface area contributed by atoms with Gasteiger partial charge in [0, 0.05) is 50.4 Å². The molecule has 0 fully saturated rings. The maximum Gasteiger partial charge on any atom is 0.0935 e. The van der Waals surface area contributed by atoms with Crippen molar-refractivity contribution >= 4 is 33.2 Å². The number of hydrogen-bond donors (Lipinski definition) is 0. The van der Waals surface area contributed by atoms with Crippen LogP contribution in [0.2, 0.25) is 0 Å². The van der Waals surface area contributed by atoms with E-state index >= 15 is 0 Å². The molecule has 0 saturated carbocycles. The molecular formula is C23H24N4. The molecule has 2 aromatic heterocycles. The highest BCUT2D eigenvalue weighted by Gasteiger charge is 2.09. The van der Waals surface area contributed by atoms with Crippen molar-refractivity contribution in [1.82, 2.24) is 9.97 Å². The van der Waals surface area contributed by atoms with Gasteiger partial charge in [-0.2, -0.15) is 0 Å². The minimum absolute atomic E-state index is 0.970. The summed E-state index contributed by atoms with van der Waals surface area (Å²) in [5, 5.41) is 2.36. The van der Waals surface area contributed by atoms with Crippen molar-refractivity contribution in [2.75, 3.05) is 37.0 Å². The molecule has 4 nitrogen and oxygen atoms in total. The lowest BCUT2D eigenvalue weighted by Crippen LogP contribution is -2.25. The Bertz CT molecular complexity index is 964. The van der Waals surface area contributed by atoms with Crippen LogP contribution in [0.25, 0.3) is 21.8 Å². The first kappa shape index (κ1) is 17.3. The van der Waals surface area contributed by atoms with E-state index in [1.807, 2.05) is 24.5 Å². The van der Waals surface area contributed by atoms with E-state index in [4.69, 9.17) is 0 Å². The van der Waals surface area contributed by atoms with Crippen LogP contribution in [-0.2, 0) is 0 Å². The Morgan fingerprint density at radius 2 is 1.07 bits per heavy atom. The van der Waals surface area contributed by atoms with Crippen LogP contribution in [-0.4, -0.2) is 37.2 Å². The fourth-order valence-electron chi connectivity index (χ4n) is 3.58. The average Bonchev–Trinajstić information content (AvgIpc) is 2.72. The number of hydrogen-bond acceptors (Lipinski definition) is 4. The molecule has 0 aliphatic heterocycles. The van der Waals surface area contributed by atoms with Gasteiger partial charge in [0.05, 0.1) is 22.4 Å². The van der Waals surface area contributed by atoms with E-state index in [2.05, 4.69) is 82.4 Å². The highest BCUT2D eigenvalue weighted by atomic mass is 15.1. The van der Waals surface area contributed by atoms with Crippen LogP contribution in [0.3, 0.4) is 0 Å². The smallest absolute Gasteiger partial charge is 0.0935 e. The summed E-state index contributed by atoms with van der Waals surface area (Å²) >= 11 is 0. The van der Waals surface area contributed by atoms with Crippen LogP contribution in [0.1, 0.15) is 6.42 Å². The van der Waals surface area contributed by atoms with Gasteiger partial charge in [0.2, 0.25) is 0 Å². The largest absolute Gasteiger partial charge is 0.373 e. The van der Waals surface area contributed by atoms with E-state index in [0.717, 1.165) is 30.5 Å². The molecule has 27 heavy (non-hydrogen) atoms. The summed E-state index contributed by atoms with van der Waals surface area (Å²) in [6.07, 6.45) is 4.78. The van der Waals surface area contributed by atoms with Crippen molar-refractivity contribution < 1.29 is 0 Å². The maximum absolute atomic E-state index is 4.57. The lowest BCUT2D eigenvalue weighted by atomic mass is 10.1. The molecule has 0 aliphatic carbocycles. The summed E-state index contributed by atoms with van der Waals surface area (Å²) in [6.45, 7) is 1.94. The number of para-hydroxylation sites is 2. The lowest BCUT2D eigenvalue weighted by Gasteiger charge is -2.24. The Morgan fingerprint density at radius 3 is 1.56 bits per heavy atom. The average molecular weight is 356 g/mol. The van der Waals surface area contributed by atoms with Gasteiger partial charge in [0.15, 0.2) is 0 Å². The molecule has 0 radical (unpaired) electrons. The first-order chi connectivity index (χ1) is 13.2. The van der Waals surface area contributed by atoms with Gasteiger partial charge >= 0.3 is 0 Å². The molecule has 0 N–H and O–H groups in total. The van der Waals surface area contributed by atoms with Crippen molar-refractivity contribution in [3.05, 3.63) is 73.1 Å². The van der Waals surface area contributed by atoms with Gasteiger partial charge in [0.1, 0.15) is 0 Å². The van der Waals surface area contributed by atoms with E-state index in [0.29, 0.717) is 0 Å². The van der Waals surface area contributed by atoms with Crippen molar-refractivity contribution in [3.63, 3.8) is 0 Å². The highest BCUT2D eigenvalue weighted by molar-refractivity contribution is 5.91. The molecule has 0 atom stereocenters. The second kappa shape index (κ2) is 7.62. The Labute approximate surface area is 160 Å². The van der Waals surface area contributed by atoms with Crippen LogP contribution in [0.15, 0.2) is 73.1 Å². The van der Waals surface area contributed by atoms with Crippen molar-refractivity contribution in [3.8, 4) is 0 Å². The zero-order valence-corrected chi connectivity index (χ0v) is 15.8. The fourth-order valence-corrected chi connectivity index (χ4v) is 3.58. The molecule has 2 aromatic carbocycles. The van der Waals surface area contributed by atoms with E-state index in [1.54, 1.807) is 0 Å². The van der Waals surface area contributed by atoms with Gasteiger partial charge in [-0.3, -0.25) is 9.97 Å². The van der Waals surface area contributed by atoms with Crippen LogP contribution >= 0.6 is 0 Å². The fraction of sp³-hybridized carbons (Fsp3) is 0.217. The Kier molecular flexibility index (Phi) is 4.88. The molecule has 4 rings (SSSR count). The number of aromatic nitrogens is 2. The van der Waals surface area contributed by atoms with Gasteiger partial charge in [-0.05, 0) is 30.7 Å². The Hall–Kier alpha value is -3.14. The van der Waals surface area contributed by atoms with E-state index < -0.39 is 0 Å². The minimum Gasteiger partial charge on any atom is -0.373 e. The van der Waals surface area contributed by atoms with Gasteiger partial charge in [-0.1, -0.05) is 36.4 Å². The van der Waals surface area contributed by atoms with Crippen LogP contribution in [0, 0.1) is 0 Å². The molecule has 0 bridgehead atoms. The van der Waals surface area contributed by atoms with Crippen LogP contribution < -0.4 is 9.80 Å². The van der Waals surface area contributed by atoms with Crippen LogP contribution in [0.4, 0.5) is 11.4 Å². The molecule has 0 spiro atoms. The number of nitrogens with zero attached hydrogens (tertiary/aromatic N) is 4. The first-order valence-electron chi connectivity index (χ1n) is 9.34. The third kappa shape index (κ3) is 3.56. The van der Waals surface area contributed by atoms with Crippen molar-refractivity contribution in [2.45, 2.75) is 6.42 Å². The summed E-state index contributed by atoms with van der Waals surface area (Å²) in [6, 6.07) is 20.9. The summed E-state index contributed by atoms with van der Waals surface area (Å²) in [7, 11) is 4.28. The molecule has 136 valence electrons. The molecule has 0 aliphatic rings. The molecule has 4 heteroatoms. The second-order valence-electron chi connectivity index (χ2n) is 6.90. The third-order valence-electron chi connectivity index (χ3n) is 5.03. The molecule has 4 aromatic rings. The molecule has 0 unspecified atom stereocenters. The Morgan fingerprint density at radius 1 is 0.630 bits per heavy atom. The standard InChI is InChI=1S/C23H24N4/c1-26(20-12-3-8-18-10-5-14-24-22(18)20)16-7-17-27(2)21-13-4-9-19-11-6-15-25-23(19)21/h3-6,8-15H,7,16-17H2,1-2H3. The topological polar surface area (TPSA) is 32.3 Å². The molecule has 2 heterocycles. The molecular weight excluding hydrogens is 332 g/mol. The Balaban J connectivity index is 1.44. The first-order valence-corrected chi connectivity index (χ1v) is 9.34. The summed E-state index contributed by atoms with van der Waals surface area (Å²) in [4.78, 5) is 13.7. The van der Waals surface area contributed by atoms with Gasteiger partial charge < -0.3 is 9.80 Å². The quantitative estimate of drug-likeness (QED) is 0.499. The van der Waals surface area contributed by atoms with E-state index in [9.17, 15) is 0 Å². The van der Waals surface area contributed by atoms with Gasteiger partial charge in [-0.15, -0.1) is 0 Å². The third-order valence-corrected chi connectivity index (χ3v) is 5.03. The number of anilines is 2. The molecule has 0 amide bonds. The predicted molar refractivity (Wildman–Crippen MR) is 115 cm³/mol. The zero-order valence-electron chi connectivity index (χ0n) is 15.8. The highest BCUT2D eigenvalue weighted by Crippen LogP contribution is 2.25. The second-order valence-corrected chi connectivity index (χ2v) is 6.90. The monoisotopic (exact) mass is 356 g/mol. The van der Waals surface area contributed by atoms with Gasteiger partial charge in [0.25, 0.3) is 0 Å². The van der Waals surface area contributed by atoms with E-state index in [-0.39, 0.29) is 0 Å². The normalized spacial score (nSPS) is 11.0. The number of fused-ring (bicyclic) bond motifs is 2.